The second kappa shape index (κ2) is 13.7. The number of rotatable bonds is 14. The smallest absolute Gasteiger partial charge is 0.404 e. The van der Waals surface area contributed by atoms with Gasteiger partial charge in [-0.05, 0) is 61.4 Å². The predicted molar refractivity (Wildman–Crippen MR) is 143 cm³/mol. The highest BCUT2D eigenvalue weighted by atomic mass is 31.2. The molecule has 0 spiro atoms. The molecule has 2 N–H and O–H groups in total. The molecule has 0 radical (unpaired) electrons. The fourth-order valence-corrected chi connectivity index (χ4v) is 7.08. The van der Waals surface area contributed by atoms with E-state index in [1.54, 1.807) is 6.92 Å². The number of carbonyl (C=O) groups is 1. The van der Waals surface area contributed by atoms with Gasteiger partial charge >= 0.3 is 6.09 Å². The van der Waals surface area contributed by atoms with Crippen LogP contribution >= 0.6 is 7.14 Å². The van der Waals surface area contributed by atoms with Gasteiger partial charge in [-0.3, -0.25) is 0 Å². The van der Waals surface area contributed by atoms with E-state index in [2.05, 4.69) is 53.8 Å². The first-order valence-corrected chi connectivity index (χ1v) is 14.5. The normalized spacial score (nSPS) is 12.1. The van der Waals surface area contributed by atoms with E-state index < -0.39 is 13.2 Å². The van der Waals surface area contributed by atoms with Gasteiger partial charge in [-0.25, -0.2) is 4.79 Å². The molecule has 0 aliphatic heterocycles. The first-order chi connectivity index (χ1) is 16.9. The molecule has 3 aromatic rings. The summed E-state index contributed by atoms with van der Waals surface area (Å²) in [6.45, 7) is 2.01. The molecule has 1 unspecified atom stereocenters. The number of hydrogen-bond acceptors (Lipinski definition) is 3. The van der Waals surface area contributed by atoms with E-state index in [1.165, 1.54) is 11.1 Å². The van der Waals surface area contributed by atoms with Crippen LogP contribution in [0.25, 0.3) is 0 Å². The number of ether oxygens (including phenoxy) is 1. The van der Waals surface area contributed by atoms with Crippen molar-refractivity contribution in [3.05, 3.63) is 102 Å². The zero-order valence-electron chi connectivity index (χ0n) is 20.4. The average molecular weight is 494 g/mol. The quantitative estimate of drug-likeness (QED) is 0.241. The molecule has 6 heteroatoms. The zero-order valence-corrected chi connectivity index (χ0v) is 21.3. The summed E-state index contributed by atoms with van der Waals surface area (Å²) < 4.78 is 19.8. The minimum atomic E-state index is -2.39. The van der Waals surface area contributed by atoms with E-state index in [9.17, 15) is 9.36 Å². The van der Waals surface area contributed by atoms with Crippen molar-refractivity contribution in [2.45, 2.75) is 44.8 Å². The van der Waals surface area contributed by atoms with E-state index in [4.69, 9.17) is 9.84 Å². The van der Waals surface area contributed by atoms with Crippen molar-refractivity contribution in [2.24, 2.45) is 0 Å². The molecule has 35 heavy (non-hydrogen) atoms. The van der Waals surface area contributed by atoms with Crippen LogP contribution in [-0.4, -0.2) is 36.2 Å². The minimum Gasteiger partial charge on any atom is -0.491 e. The second-order valence-electron chi connectivity index (χ2n) is 9.15. The Bertz CT molecular complexity index is 1020. The van der Waals surface area contributed by atoms with Gasteiger partial charge in [0.25, 0.3) is 0 Å². The second-order valence-corrected chi connectivity index (χ2v) is 12.5. The maximum absolute atomic E-state index is 14.1. The Labute approximate surface area is 208 Å². The van der Waals surface area contributed by atoms with Crippen LogP contribution in [0.3, 0.4) is 0 Å². The SMILES string of the molecule is CC(COc1ccc(CP(=O)(CCCc2ccccc2)CCCc2ccccc2)cc1)NC(=O)O. The summed E-state index contributed by atoms with van der Waals surface area (Å²) in [4.78, 5) is 10.7. The highest BCUT2D eigenvalue weighted by molar-refractivity contribution is 7.63. The molecule has 0 aliphatic carbocycles. The predicted octanol–water partition coefficient (Wildman–Crippen LogP) is 6.85. The van der Waals surface area contributed by atoms with E-state index in [-0.39, 0.29) is 12.6 Å². The Kier molecular flexibility index (Phi) is 10.4. The summed E-state index contributed by atoms with van der Waals surface area (Å²) in [5.41, 5.74) is 3.63. The standard InChI is InChI=1S/C29H36NO4P/c1-24(30-29(31)32)22-34-28-18-16-27(17-19-28)23-35(33,20-8-14-25-10-4-2-5-11-25)21-9-15-26-12-6-3-7-13-26/h2-7,10-13,16-19,24,30H,8-9,14-15,20-23H2,1H3,(H,31,32). The molecule has 0 saturated carbocycles. The highest BCUT2D eigenvalue weighted by Crippen LogP contribution is 2.50. The molecule has 5 nitrogen and oxygen atoms in total. The van der Waals surface area contributed by atoms with E-state index >= 15 is 0 Å². The molecular weight excluding hydrogens is 457 g/mol. The molecule has 0 saturated heterocycles. The summed E-state index contributed by atoms with van der Waals surface area (Å²) in [7, 11) is -2.39. The number of amides is 1. The molecule has 186 valence electrons. The van der Waals surface area contributed by atoms with Crippen molar-refractivity contribution in [1.29, 1.82) is 0 Å². The third kappa shape index (κ3) is 10.00. The van der Waals surface area contributed by atoms with Crippen LogP contribution in [0.15, 0.2) is 84.9 Å². The van der Waals surface area contributed by atoms with Crippen LogP contribution in [0.5, 0.6) is 5.75 Å². The first kappa shape index (κ1) is 26.6. The average Bonchev–Trinajstić information content (AvgIpc) is 2.84. The molecule has 1 atom stereocenters. The van der Waals surface area contributed by atoms with E-state index in [1.807, 2.05) is 36.4 Å². The van der Waals surface area contributed by atoms with Crippen LogP contribution in [0.2, 0.25) is 0 Å². The Morgan fingerprint density at radius 3 is 1.83 bits per heavy atom. The number of carboxylic acid groups (broad SMARTS) is 1. The van der Waals surface area contributed by atoms with Gasteiger partial charge in [0.2, 0.25) is 0 Å². The Morgan fingerprint density at radius 1 is 0.829 bits per heavy atom. The van der Waals surface area contributed by atoms with Crippen molar-refractivity contribution in [1.82, 2.24) is 5.32 Å². The fourth-order valence-electron chi connectivity index (χ4n) is 4.20. The van der Waals surface area contributed by atoms with Gasteiger partial charge in [0, 0.05) is 18.5 Å². The molecule has 0 aromatic heterocycles. The largest absolute Gasteiger partial charge is 0.491 e. The van der Waals surface area contributed by atoms with E-state index in [0.717, 1.165) is 43.6 Å². The minimum absolute atomic E-state index is 0.253. The summed E-state index contributed by atoms with van der Waals surface area (Å²) in [6.07, 6.45) is 4.74. The van der Waals surface area contributed by atoms with Gasteiger partial charge in [-0.15, -0.1) is 0 Å². The monoisotopic (exact) mass is 493 g/mol. The summed E-state index contributed by atoms with van der Waals surface area (Å²) in [5.74, 6) is 0.677. The molecule has 0 fully saturated rings. The van der Waals surface area contributed by atoms with Crippen molar-refractivity contribution >= 4 is 13.2 Å². The van der Waals surface area contributed by atoms with Crippen molar-refractivity contribution in [3.8, 4) is 5.75 Å². The van der Waals surface area contributed by atoms with Gasteiger partial charge in [0.15, 0.2) is 0 Å². The van der Waals surface area contributed by atoms with Crippen molar-refractivity contribution in [2.75, 3.05) is 18.9 Å². The Balaban J connectivity index is 1.58. The van der Waals surface area contributed by atoms with E-state index in [0.29, 0.717) is 11.9 Å². The molecule has 0 aliphatic rings. The van der Waals surface area contributed by atoms with Crippen molar-refractivity contribution in [3.63, 3.8) is 0 Å². The molecule has 3 rings (SSSR count). The van der Waals surface area contributed by atoms with Gasteiger partial charge in [0.05, 0.1) is 13.2 Å². The topological polar surface area (TPSA) is 75.6 Å². The first-order valence-electron chi connectivity index (χ1n) is 12.3. The lowest BCUT2D eigenvalue weighted by molar-refractivity contribution is 0.183. The highest BCUT2D eigenvalue weighted by Gasteiger charge is 2.22. The third-order valence-corrected chi connectivity index (χ3v) is 9.22. The number of aryl methyl sites for hydroxylation is 2. The molecule has 0 bridgehead atoms. The number of benzene rings is 3. The Hall–Kier alpha value is -3.04. The molecule has 1 amide bonds. The summed E-state index contributed by atoms with van der Waals surface area (Å²) in [6, 6.07) is 28.2. The summed E-state index contributed by atoms with van der Waals surface area (Å²) >= 11 is 0. The van der Waals surface area contributed by atoms with Crippen LogP contribution in [-0.2, 0) is 23.6 Å². The fraction of sp³-hybridized carbons (Fsp3) is 0.345. The maximum Gasteiger partial charge on any atom is 0.404 e. The Morgan fingerprint density at radius 2 is 1.34 bits per heavy atom. The number of nitrogens with one attached hydrogen (secondary N) is 1. The van der Waals surface area contributed by atoms with Crippen LogP contribution in [0.4, 0.5) is 4.79 Å². The van der Waals surface area contributed by atoms with Crippen LogP contribution in [0.1, 0.15) is 36.5 Å². The van der Waals surface area contributed by atoms with Crippen LogP contribution in [0, 0.1) is 0 Å². The lowest BCUT2D eigenvalue weighted by Gasteiger charge is -2.19. The molecule has 0 heterocycles. The maximum atomic E-state index is 14.1. The molecule has 3 aromatic carbocycles. The zero-order chi connectivity index (χ0) is 24.9. The van der Waals surface area contributed by atoms with Gasteiger partial charge < -0.3 is 19.7 Å². The lowest BCUT2D eigenvalue weighted by Crippen LogP contribution is -2.35. The van der Waals surface area contributed by atoms with Gasteiger partial charge in [0.1, 0.15) is 12.4 Å². The number of hydrogen-bond donors (Lipinski definition) is 2. The van der Waals surface area contributed by atoms with Crippen molar-refractivity contribution < 1.29 is 19.2 Å². The lowest BCUT2D eigenvalue weighted by atomic mass is 10.1. The summed E-state index contributed by atoms with van der Waals surface area (Å²) in [5, 5.41) is 11.2. The molecular formula is C29H36NO4P. The van der Waals surface area contributed by atoms with Gasteiger partial charge in [-0.2, -0.15) is 0 Å². The van der Waals surface area contributed by atoms with Crippen LogP contribution < -0.4 is 10.1 Å². The third-order valence-electron chi connectivity index (χ3n) is 6.01. The van der Waals surface area contributed by atoms with Gasteiger partial charge in [-0.1, -0.05) is 72.8 Å².